The van der Waals surface area contributed by atoms with Crippen LogP contribution in [0.1, 0.15) is 23.1 Å². The minimum atomic E-state index is -0.473. The van der Waals surface area contributed by atoms with Gasteiger partial charge in [-0.15, -0.1) is 11.8 Å². The highest BCUT2D eigenvalue weighted by molar-refractivity contribution is 7.99. The van der Waals surface area contributed by atoms with E-state index in [1.165, 1.54) is 0 Å². The van der Waals surface area contributed by atoms with Crippen LogP contribution in [0.2, 0.25) is 0 Å². The molecule has 1 aromatic rings. The molecule has 0 saturated heterocycles. The van der Waals surface area contributed by atoms with Crippen LogP contribution < -0.4 is 0 Å². The van der Waals surface area contributed by atoms with Gasteiger partial charge in [-0.3, -0.25) is 10.1 Å². The minimum Gasteiger partial charge on any atom is -0.394 e. The van der Waals surface area contributed by atoms with Crippen LogP contribution in [0.3, 0.4) is 0 Å². The third-order valence-corrected chi connectivity index (χ3v) is 4.16. The zero-order chi connectivity index (χ0) is 15.8. The van der Waals surface area contributed by atoms with E-state index in [-0.39, 0.29) is 23.2 Å². The maximum atomic E-state index is 10.9. The molecule has 1 heterocycles. The molecule has 9 nitrogen and oxygen atoms in total. The largest absolute Gasteiger partial charge is 0.394 e. The summed E-state index contributed by atoms with van der Waals surface area (Å²) in [5, 5.41) is 26.8. The quantitative estimate of drug-likeness (QED) is 0.378. The Kier molecular flexibility index (Phi) is 6.77. The van der Waals surface area contributed by atoms with Crippen LogP contribution in [0.4, 0.5) is 0 Å². The standard InChI is InChI=1S/C12H17N3O6S/c16-3-4-19-5-6-20-7-8-22-10-2-1-9(15(17)18)11-12(10)14-21-13-11/h1,10,16H,2-8H2. The third kappa shape index (κ3) is 4.50. The molecular formula is C12H17N3O6S. The van der Waals surface area contributed by atoms with Gasteiger partial charge in [0.1, 0.15) is 5.69 Å². The van der Waals surface area contributed by atoms with E-state index >= 15 is 0 Å². The number of hydrogen-bond donors (Lipinski definition) is 1. The average molecular weight is 331 g/mol. The average Bonchev–Trinajstić information content (AvgIpc) is 2.99. The van der Waals surface area contributed by atoms with E-state index < -0.39 is 4.92 Å². The molecule has 0 bridgehead atoms. The molecule has 1 atom stereocenters. The Labute approximate surface area is 130 Å². The number of thioether (sulfide) groups is 1. The molecule has 0 aliphatic heterocycles. The molecule has 1 aliphatic carbocycles. The number of fused-ring (bicyclic) bond motifs is 1. The zero-order valence-corrected chi connectivity index (χ0v) is 12.7. The first kappa shape index (κ1) is 16.9. The number of ether oxygens (including phenoxy) is 2. The van der Waals surface area contributed by atoms with Crippen LogP contribution in [-0.4, -0.2) is 59.1 Å². The van der Waals surface area contributed by atoms with Crippen LogP contribution in [0.15, 0.2) is 10.7 Å². The van der Waals surface area contributed by atoms with Crippen LogP contribution in [0.5, 0.6) is 0 Å². The topological polar surface area (TPSA) is 121 Å². The summed E-state index contributed by atoms with van der Waals surface area (Å²) in [5.41, 5.74) is 0.683. The van der Waals surface area contributed by atoms with Crippen molar-refractivity contribution >= 4 is 17.5 Å². The van der Waals surface area contributed by atoms with Gasteiger partial charge >= 0.3 is 0 Å². The van der Waals surface area contributed by atoms with Gasteiger partial charge in [-0.1, -0.05) is 5.16 Å². The molecule has 0 spiro atoms. The number of nitro groups is 1. The van der Waals surface area contributed by atoms with Crippen molar-refractivity contribution in [3.63, 3.8) is 0 Å². The first-order valence-corrected chi connectivity index (χ1v) is 7.84. The summed E-state index contributed by atoms with van der Waals surface area (Å²) in [6, 6.07) is 0. The van der Waals surface area contributed by atoms with Crippen molar-refractivity contribution < 1.29 is 24.1 Å². The van der Waals surface area contributed by atoms with Crippen molar-refractivity contribution in [3.05, 3.63) is 27.6 Å². The highest BCUT2D eigenvalue weighted by Gasteiger charge is 2.33. The van der Waals surface area contributed by atoms with Crippen LogP contribution in [0, 0.1) is 10.1 Å². The van der Waals surface area contributed by atoms with Crippen LogP contribution >= 0.6 is 11.8 Å². The lowest BCUT2D eigenvalue weighted by molar-refractivity contribution is -0.376. The first-order valence-electron chi connectivity index (χ1n) is 6.79. The predicted octanol–water partition coefficient (Wildman–Crippen LogP) is 0.891. The highest BCUT2D eigenvalue weighted by atomic mass is 32.2. The predicted molar refractivity (Wildman–Crippen MR) is 77.8 cm³/mol. The molecule has 0 radical (unpaired) electrons. The number of aliphatic hydroxyl groups excluding tert-OH is 1. The lowest BCUT2D eigenvalue weighted by Gasteiger charge is -2.15. The van der Waals surface area contributed by atoms with Gasteiger partial charge in [-0.2, -0.15) is 0 Å². The Morgan fingerprint density at radius 3 is 2.86 bits per heavy atom. The molecule has 1 aromatic heterocycles. The second-order valence-electron chi connectivity index (χ2n) is 4.39. The Morgan fingerprint density at radius 2 is 2.14 bits per heavy atom. The Bertz CT molecular complexity index is 521. The SMILES string of the molecule is O=[N+]([O-])C1=CCC(SCCOCCOCCO)c2nonc21. The van der Waals surface area contributed by atoms with Gasteiger partial charge in [-0.05, 0) is 17.7 Å². The van der Waals surface area contributed by atoms with Gasteiger partial charge in [0.25, 0.3) is 5.70 Å². The van der Waals surface area contributed by atoms with Gasteiger partial charge in [0.2, 0.25) is 5.69 Å². The molecule has 1 N–H and O–H groups in total. The smallest absolute Gasteiger partial charge is 0.296 e. The van der Waals surface area contributed by atoms with Gasteiger partial charge in [0.15, 0.2) is 0 Å². The third-order valence-electron chi connectivity index (χ3n) is 2.94. The lowest BCUT2D eigenvalue weighted by Crippen LogP contribution is -2.11. The summed E-state index contributed by atoms with van der Waals surface area (Å²) in [6.07, 6.45) is 2.07. The van der Waals surface area contributed by atoms with Crippen molar-refractivity contribution in [2.75, 3.05) is 38.8 Å². The summed E-state index contributed by atoms with van der Waals surface area (Å²) >= 11 is 1.59. The maximum absolute atomic E-state index is 10.9. The van der Waals surface area contributed by atoms with E-state index in [0.29, 0.717) is 38.5 Å². The van der Waals surface area contributed by atoms with Crippen molar-refractivity contribution in [2.24, 2.45) is 0 Å². The van der Waals surface area contributed by atoms with Crippen LogP contribution in [0.25, 0.3) is 5.70 Å². The van der Waals surface area contributed by atoms with Gasteiger partial charge in [0.05, 0.1) is 43.2 Å². The number of aromatic nitrogens is 2. The van der Waals surface area contributed by atoms with Crippen molar-refractivity contribution in [3.8, 4) is 0 Å². The normalized spacial score (nSPS) is 17.1. The molecule has 1 aliphatic rings. The van der Waals surface area contributed by atoms with Gasteiger partial charge in [-0.25, -0.2) is 4.63 Å². The summed E-state index contributed by atoms with van der Waals surface area (Å²) in [6.45, 7) is 1.77. The summed E-state index contributed by atoms with van der Waals surface area (Å²) in [4.78, 5) is 10.4. The molecule has 0 saturated carbocycles. The maximum Gasteiger partial charge on any atom is 0.296 e. The number of hydrogen-bond acceptors (Lipinski definition) is 9. The fourth-order valence-electron chi connectivity index (χ4n) is 1.96. The molecule has 2 rings (SSSR count). The molecule has 1 unspecified atom stereocenters. The summed E-state index contributed by atoms with van der Waals surface area (Å²) in [7, 11) is 0. The van der Waals surface area contributed by atoms with Crippen molar-refractivity contribution in [2.45, 2.75) is 11.7 Å². The highest BCUT2D eigenvalue weighted by Crippen LogP contribution is 2.39. The second kappa shape index (κ2) is 8.83. The molecule has 0 fully saturated rings. The van der Waals surface area contributed by atoms with Gasteiger partial charge in [0, 0.05) is 5.75 Å². The number of nitrogens with zero attached hydrogens (tertiary/aromatic N) is 3. The summed E-state index contributed by atoms with van der Waals surface area (Å²) in [5.74, 6) is 0.721. The number of rotatable bonds is 10. The fraction of sp³-hybridized carbons (Fsp3) is 0.667. The van der Waals surface area contributed by atoms with E-state index in [9.17, 15) is 10.1 Å². The number of aliphatic hydroxyl groups is 1. The Balaban J connectivity index is 1.71. The number of allylic oxidation sites excluding steroid dienone is 1. The van der Waals surface area contributed by atoms with Gasteiger partial charge < -0.3 is 14.6 Å². The molecule has 0 amide bonds. The lowest BCUT2D eigenvalue weighted by atomic mass is 10.1. The summed E-state index contributed by atoms with van der Waals surface area (Å²) < 4.78 is 15.1. The molecule has 0 aromatic carbocycles. The monoisotopic (exact) mass is 331 g/mol. The van der Waals surface area contributed by atoms with E-state index in [1.807, 2.05) is 0 Å². The Morgan fingerprint density at radius 1 is 1.36 bits per heavy atom. The minimum absolute atomic E-state index is 0.00521. The van der Waals surface area contributed by atoms with Crippen molar-refractivity contribution in [1.29, 1.82) is 0 Å². The first-order chi connectivity index (χ1) is 10.7. The zero-order valence-electron chi connectivity index (χ0n) is 11.8. The second-order valence-corrected chi connectivity index (χ2v) is 5.70. The fourth-order valence-corrected chi connectivity index (χ4v) is 3.00. The molecule has 10 heteroatoms. The van der Waals surface area contributed by atoms with E-state index in [2.05, 4.69) is 14.9 Å². The molecular weight excluding hydrogens is 314 g/mol. The van der Waals surface area contributed by atoms with E-state index in [0.717, 1.165) is 5.75 Å². The molecule has 122 valence electrons. The Hall–Kier alpha value is -1.49. The molecule has 22 heavy (non-hydrogen) atoms. The van der Waals surface area contributed by atoms with E-state index in [1.54, 1.807) is 17.8 Å². The van der Waals surface area contributed by atoms with E-state index in [4.69, 9.17) is 14.6 Å². The van der Waals surface area contributed by atoms with Crippen LogP contribution in [-0.2, 0) is 9.47 Å². The van der Waals surface area contributed by atoms with Crippen molar-refractivity contribution in [1.82, 2.24) is 10.3 Å².